The summed E-state index contributed by atoms with van der Waals surface area (Å²) in [4.78, 5) is 22.7. The molecule has 0 fully saturated rings. The van der Waals surface area contributed by atoms with Crippen molar-refractivity contribution in [3.63, 3.8) is 0 Å². The highest BCUT2D eigenvalue weighted by atomic mass is 32.2. The molecule has 1 amide bonds. The number of nitrogens with one attached hydrogen (secondary N) is 2. The monoisotopic (exact) mass is 395 g/mol. The maximum atomic E-state index is 12.2. The lowest BCUT2D eigenvalue weighted by Gasteiger charge is -2.12. The van der Waals surface area contributed by atoms with Crippen molar-refractivity contribution in [2.75, 3.05) is 15.8 Å². The molecule has 0 saturated heterocycles. The van der Waals surface area contributed by atoms with E-state index in [4.69, 9.17) is 0 Å². The zero-order valence-electron chi connectivity index (χ0n) is 15.4. The first kappa shape index (κ1) is 20.4. The molecule has 27 heavy (non-hydrogen) atoms. The normalized spacial score (nSPS) is 11.3. The Labute approximate surface area is 156 Å². The van der Waals surface area contributed by atoms with Crippen molar-refractivity contribution in [1.29, 1.82) is 0 Å². The molecule has 0 atom stereocenters. The minimum absolute atomic E-state index is 0.0420. The number of hydrogen-bond acceptors (Lipinski definition) is 6. The van der Waals surface area contributed by atoms with Gasteiger partial charge in [-0.3, -0.25) is 24.3 Å². The first-order chi connectivity index (χ1) is 12.5. The third kappa shape index (κ3) is 4.82. The van der Waals surface area contributed by atoms with E-state index in [1.54, 1.807) is 25.1 Å². The molecule has 0 unspecified atom stereocenters. The van der Waals surface area contributed by atoms with Crippen molar-refractivity contribution in [3.8, 4) is 0 Å². The molecule has 10 nitrogen and oxygen atoms in total. The molecule has 146 valence electrons. The zero-order valence-corrected chi connectivity index (χ0v) is 16.3. The number of amides is 1. The molecular weight excluding hydrogens is 374 g/mol. The molecule has 1 aromatic heterocycles. The molecule has 0 spiro atoms. The number of carbonyl (C=O) groups is 1. The van der Waals surface area contributed by atoms with E-state index in [-0.39, 0.29) is 23.7 Å². The van der Waals surface area contributed by atoms with Crippen molar-refractivity contribution in [3.05, 3.63) is 45.3 Å². The van der Waals surface area contributed by atoms with Gasteiger partial charge >= 0.3 is 5.69 Å². The minimum atomic E-state index is -3.39. The second kappa shape index (κ2) is 7.74. The fourth-order valence-electron chi connectivity index (χ4n) is 2.54. The number of aryl methyl sites for hydroxylation is 2. The minimum Gasteiger partial charge on any atom is -0.324 e. The molecule has 0 aliphatic heterocycles. The lowest BCUT2D eigenvalue weighted by Crippen LogP contribution is -2.20. The summed E-state index contributed by atoms with van der Waals surface area (Å²) in [5.41, 5.74) is 2.00. The maximum absolute atomic E-state index is 12.2. The van der Waals surface area contributed by atoms with Gasteiger partial charge < -0.3 is 5.32 Å². The Morgan fingerprint density at radius 3 is 2.48 bits per heavy atom. The number of sulfonamides is 1. The largest absolute Gasteiger partial charge is 0.324 e. The van der Waals surface area contributed by atoms with E-state index in [0.29, 0.717) is 22.6 Å². The number of aromatic nitrogens is 2. The van der Waals surface area contributed by atoms with Crippen molar-refractivity contribution < 1.29 is 18.1 Å². The Morgan fingerprint density at radius 1 is 1.30 bits per heavy atom. The van der Waals surface area contributed by atoms with Gasteiger partial charge in [-0.2, -0.15) is 5.10 Å². The number of anilines is 2. The van der Waals surface area contributed by atoms with E-state index in [9.17, 15) is 23.3 Å². The number of carbonyl (C=O) groups excluding carboxylic acids is 1. The summed E-state index contributed by atoms with van der Waals surface area (Å²) < 4.78 is 27.1. The smallest absolute Gasteiger partial charge is 0.312 e. The molecule has 1 heterocycles. The van der Waals surface area contributed by atoms with Crippen LogP contribution in [-0.4, -0.2) is 34.8 Å². The predicted molar refractivity (Wildman–Crippen MR) is 101 cm³/mol. The number of nitro groups is 1. The molecule has 0 bridgehead atoms. The molecule has 2 rings (SSSR count). The summed E-state index contributed by atoms with van der Waals surface area (Å²) in [5.74, 6) is -0.448. The topological polar surface area (TPSA) is 136 Å². The second-order valence-corrected chi connectivity index (χ2v) is 8.03. The Balaban J connectivity index is 2.12. The summed E-state index contributed by atoms with van der Waals surface area (Å²) >= 11 is 0. The van der Waals surface area contributed by atoms with E-state index in [1.807, 2.05) is 0 Å². The van der Waals surface area contributed by atoms with Crippen molar-refractivity contribution >= 4 is 33.0 Å². The van der Waals surface area contributed by atoms with E-state index < -0.39 is 20.9 Å². The quantitative estimate of drug-likeness (QED) is 0.544. The molecule has 2 N–H and O–H groups in total. The summed E-state index contributed by atoms with van der Waals surface area (Å²) in [6, 6.07) is 4.77. The lowest BCUT2D eigenvalue weighted by atomic mass is 10.2. The molecular formula is C16H21N5O5S. The number of hydrogen-bond donors (Lipinski definition) is 2. The Morgan fingerprint density at radius 2 is 1.96 bits per heavy atom. The van der Waals surface area contributed by atoms with E-state index >= 15 is 0 Å². The summed E-state index contributed by atoms with van der Waals surface area (Å²) in [6.45, 7) is 6.12. The molecule has 11 heteroatoms. The number of benzene rings is 1. The van der Waals surface area contributed by atoms with Gasteiger partial charge in [-0.05, 0) is 51.5 Å². The molecule has 0 radical (unpaired) electrons. The Kier molecular flexibility index (Phi) is 5.84. The van der Waals surface area contributed by atoms with Gasteiger partial charge in [0.1, 0.15) is 17.9 Å². The van der Waals surface area contributed by atoms with E-state index in [1.165, 1.54) is 25.5 Å². The molecule has 0 aliphatic rings. The Bertz CT molecular complexity index is 997. The number of rotatable bonds is 7. The zero-order chi connectivity index (χ0) is 20.4. The fraction of sp³-hybridized carbons (Fsp3) is 0.375. The van der Waals surface area contributed by atoms with Gasteiger partial charge in [0.2, 0.25) is 15.9 Å². The fourth-order valence-corrected chi connectivity index (χ4v) is 3.25. The Hall–Kier alpha value is -2.95. The highest BCUT2D eigenvalue weighted by molar-refractivity contribution is 7.92. The molecule has 1 aromatic carbocycles. The first-order valence-electron chi connectivity index (χ1n) is 8.13. The summed E-state index contributed by atoms with van der Waals surface area (Å²) in [5, 5.41) is 17.7. The van der Waals surface area contributed by atoms with Crippen LogP contribution in [0.2, 0.25) is 0 Å². The first-order valence-corrected chi connectivity index (χ1v) is 9.78. The van der Waals surface area contributed by atoms with Gasteiger partial charge in [-0.15, -0.1) is 0 Å². The van der Waals surface area contributed by atoms with Crippen molar-refractivity contribution in [2.24, 2.45) is 0 Å². The average molecular weight is 395 g/mol. The maximum Gasteiger partial charge on any atom is 0.312 e. The molecule has 0 aliphatic carbocycles. The van der Waals surface area contributed by atoms with E-state index in [0.717, 1.165) is 0 Å². The van der Waals surface area contributed by atoms with E-state index in [2.05, 4.69) is 15.1 Å². The standard InChI is InChI=1S/C16H21N5O5S/c1-5-27(25,26)19-14-7-6-13(8-10(14)2)17-15(22)9-20-12(4)16(21(23)24)11(3)18-20/h6-8,19H,5,9H2,1-4H3,(H,17,22). The van der Waals surface area contributed by atoms with Gasteiger partial charge in [0.15, 0.2) is 0 Å². The highest BCUT2D eigenvalue weighted by Gasteiger charge is 2.22. The average Bonchev–Trinajstić information content (AvgIpc) is 2.83. The number of nitrogens with zero attached hydrogens (tertiary/aromatic N) is 3. The third-order valence-corrected chi connectivity index (χ3v) is 5.27. The highest BCUT2D eigenvalue weighted by Crippen LogP contribution is 2.23. The van der Waals surface area contributed by atoms with Crippen molar-refractivity contribution in [2.45, 2.75) is 34.2 Å². The SMILES string of the molecule is CCS(=O)(=O)Nc1ccc(NC(=O)Cn2nc(C)c([N+](=O)[O-])c2C)cc1C. The van der Waals surface area contributed by atoms with Gasteiger partial charge in [0, 0.05) is 5.69 Å². The summed E-state index contributed by atoms with van der Waals surface area (Å²) in [6.07, 6.45) is 0. The van der Waals surface area contributed by atoms with Gasteiger partial charge in [0.05, 0.1) is 16.4 Å². The van der Waals surface area contributed by atoms with Crippen LogP contribution in [0.5, 0.6) is 0 Å². The van der Waals surface area contributed by atoms with Crippen LogP contribution < -0.4 is 10.0 Å². The van der Waals surface area contributed by atoms with Gasteiger partial charge in [-0.1, -0.05) is 0 Å². The second-order valence-electron chi connectivity index (χ2n) is 6.02. The van der Waals surface area contributed by atoms with Gasteiger partial charge in [-0.25, -0.2) is 8.42 Å². The van der Waals surface area contributed by atoms with Crippen LogP contribution in [0.1, 0.15) is 23.9 Å². The van der Waals surface area contributed by atoms with Crippen molar-refractivity contribution in [1.82, 2.24) is 9.78 Å². The van der Waals surface area contributed by atoms with Crippen LogP contribution in [-0.2, 0) is 21.4 Å². The van der Waals surface area contributed by atoms with Crippen LogP contribution in [0.4, 0.5) is 17.1 Å². The molecule has 0 saturated carbocycles. The summed E-state index contributed by atoms with van der Waals surface area (Å²) in [7, 11) is -3.39. The van der Waals surface area contributed by atoms with Crippen LogP contribution in [0.25, 0.3) is 0 Å². The van der Waals surface area contributed by atoms with Crippen LogP contribution in [0.15, 0.2) is 18.2 Å². The molecule has 2 aromatic rings. The van der Waals surface area contributed by atoms with Gasteiger partial charge in [0.25, 0.3) is 0 Å². The predicted octanol–water partition coefficient (Wildman–Crippen LogP) is 2.12. The van der Waals surface area contributed by atoms with Crippen LogP contribution in [0.3, 0.4) is 0 Å². The van der Waals surface area contributed by atoms with Crippen LogP contribution >= 0.6 is 0 Å². The lowest BCUT2D eigenvalue weighted by molar-refractivity contribution is -0.386. The van der Waals surface area contributed by atoms with Crippen LogP contribution in [0, 0.1) is 30.9 Å². The third-order valence-electron chi connectivity index (χ3n) is 3.97.